The molecule has 0 atom stereocenters. The molecule has 0 radical (unpaired) electrons. The molecule has 1 heterocycles. The molecule has 0 saturated carbocycles. The summed E-state index contributed by atoms with van der Waals surface area (Å²) in [6.45, 7) is 1.02. The van der Waals surface area contributed by atoms with Crippen molar-refractivity contribution in [2.75, 3.05) is 7.11 Å². The number of rotatable bonds is 5. The highest BCUT2D eigenvalue weighted by Gasteiger charge is 2.00. The second-order valence-corrected chi connectivity index (χ2v) is 3.92. The monoisotopic (exact) mass is 244 g/mol. The molecule has 0 aliphatic carbocycles. The first-order valence-electron chi connectivity index (χ1n) is 5.71. The fourth-order valence-electron chi connectivity index (χ4n) is 1.63. The number of methoxy groups -OCH3 is 1. The molecule has 0 spiro atoms. The van der Waals surface area contributed by atoms with Crippen molar-refractivity contribution in [2.24, 2.45) is 5.73 Å². The first-order valence-corrected chi connectivity index (χ1v) is 5.71. The number of aromatic nitrogens is 1. The summed E-state index contributed by atoms with van der Waals surface area (Å²) in [5.41, 5.74) is 7.58. The summed E-state index contributed by atoms with van der Waals surface area (Å²) in [6, 6.07) is 9.65. The van der Waals surface area contributed by atoms with Gasteiger partial charge in [-0.1, -0.05) is 12.1 Å². The van der Waals surface area contributed by atoms with E-state index in [0.717, 1.165) is 16.9 Å². The van der Waals surface area contributed by atoms with Crippen LogP contribution >= 0.6 is 0 Å². The first-order chi connectivity index (χ1) is 8.81. The summed E-state index contributed by atoms with van der Waals surface area (Å²) in [7, 11) is 1.67. The second kappa shape index (κ2) is 6.14. The van der Waals surface area contributed by atoms with Gasteiger partial charge in [-0.25, -0.2) is 0 Å². The molecule has 0 amide bonds. The fourth-order valence-corrected chi connectivity index (χ4v) is 1.63. The SMILES string of the molecule is COCc1cccc(Oc2cncc(CN)c2)c1. The van der Waals surface area contributed by atoms with Crippen LogP contribution in [0.15, 0.2) is 42.7 Å². The van der Waals surface area contributed by atoms with Crippen molar-refractivity contribution in [1.82, 2.24) is 4.98 Å². The lowest BCUT2D eigenvalue weighted by Gasteiger charge is -2.08. The van der Waals surface area contributed by atoms with E-state index in [-0.39, 0.29) is 0 Å². The number of pyridine rings is 1. The van der Waals surface area contributed by atoms with Crippen LogP contribution in [-0.4, -0.2) is 12.1 Å². The van der Waals surface area contributed by atoms with Gasteiger partial charge in [0.05, 0.1) is 12.8 Å². The zero-order valence-corrected chi connectivity index (χ0v) is 10.3. The maximum absolute atomic E-state index is 5.73. The van der Waals surface area contributed by atoms with Crippen LogP contribution < -0.4 is 10.5 Å². The lowest BCUT2D eigenvalue weighted by Crippen LogP contribution is -1.97. The normalized spacial score (nSPS) is 10.3. The number of nitrogens with two attached hydrogens (primary N) is 1. The molecule has 0 fully saturated rings. The van der Waals surface area contributed by atoms with Gasteiger partial charge in [0.1, 0.15) is 11.5 Å². The third-order valence-corrected chi connectivity index (χ3v) is 2.45. The van der Waals surface area contributed by atoms with Gasteiger partial charge in [0, 0.05) is 19.9 Å². The van der Waals surface area contributed by atoms with Crippen molar-refractivity contribution in [2.45, 2.75) is 13.2 Å². The van der Waals surface area contributed by atoms with Crippen molar-refractivity contribution in [1.29, 1.82) is 0 Å². The van der Waals surface area contributed by atoms with Gasteiger partial charge in [0.15, 0.2) is 0 Å². The molecule has 0 aliphatic rings. The van der Waals surface area contributed by atoms with Crippen LogP contribution in [0.3, 0.4) is 0 Å². The first kappa shape index (κ1) is 12.5. The maximum atomic E-state index is 5.73. The minimum atomic E-state index is 0.452. The van der Waals surface area contributed by atoms with Gasteiger partial charge < -0.3 is 15.2 Å². The largest absolute Gasteiger partial charge is 0.456 e. The molecule has 4 nitrogen and oxygen atoms in total. The van der Waals surface area contributed by atoms with Crippen molar-refractivity contribution < 1.29 is 9.47 Å². The third kappa shape index (κ3) is 3.29. The zero-order chi connectivity index (χ0) is 12.8. The van der Waals surface area contributed by atoms with Gasteiger partial charge in [0.25, 0.3) is 0 Å². The van der Waals surface area contributed by atoms with E-state index >= 15 is 0 Å². The van der Waals surface area contributed by atoms with Gasteiger partial charge in [0.2, 0.25) is 0 Å². The quantitative estimate of drug-likeness (QED) is 0.877. The maximum Gasteiger partial charge on any atom is 0.146 e. The van der Waals surface area contributed by atoms with Crippen LogP contribution in [0.5, 0.6) is 11.5 Å². The lowest BCUT2D eigenvalue weighted by molar-refractivity contribution is 0.184. The van der Waals surface area contributed by atoms with Crippen LogP contribution in [0.4, 0.5) is 0 Å². The minimum Gasteiger partial charge on any atom is -0.456 e. The second-order valence-electron chi connectivity index (χ2n) is 3.92. The average molecular weight is 244 g/mol. The summed E-state index contributed by atoms with van der Waals surface area (Å²) in [5.74, 6) is 1.45. The molecule has 2 aromatic rings. The standard InChI is InChI=1S/C14H16N2O2/c1-17-10-11-3-2-4-13(5-11)18-14-6-12(7-15)8-16-9-14/h2-6,8-9H,7,10,15H2,1H3. The van der Waals surface area contributed by atoms with Crippen molar-refractivity contribution in [3.63, 3.8) is 0 Å². The van der Waals surface area contributed by atoms with Crippen LogP contribution in [0, 0.1) is 0 Å². The predicted octanol–water partition coefficient (Wildman–Crippen LogP) is 2.48. The molecule has 0 saturated heterocycles. The summed E-state index contributed by atoms with van der Waals surface area (Å²) in [4.78, 5) is 4.08. The molecular weight excluding hydrogens is 228 g/mol. The van der Waals surface area contributed by atoms with E-state index in [9.17, 15) is 0 Å². The number of hydrogen-bond acceptors (Lipinski definition) is 4. The predicted molar refractivity (Wildman–Crippen MR) is 69.4 cm³/mol. The van der Waals surface area contributed by atoms with Crippen molar-refractivity contribution >= 4 is 0 Å². The van der Waals surface area contributed by atoms with Crippen LogP contribution in [0.2, 0.25) is 0 Å². The Bertz CT molecular complexity index is 515. The number of ether oxygens (including phenoxy) is 2. The Morgan fingerprint density at radius 3 is 2.72 bits per heavy atom. The van der Waals surface area contributed by atoms with E-state index in [1.807, 2.05) is 30.3 Å². The van der Waals surface area contributed by atoms with Gasteiger partial charge in [-0.2, -0.15) is 0 Å². The number of benzene rings is 1. The molecule has 1 aromatic heterocycles. The Labute approximate surface area is 106 Å². The topological polar surface area (TPSA) is 57.4 Å². The summed E-state index contributed by atoms with van der Waals surface area (Å²) < 4.78 is 10.8. The van der Waals surface area contributed by atoms with Crippen LogP contribution in [0.25, 0.3) is 0 Å². The molecule has 0 bridgehead atoms. The minimum absolute atomic E-state index is 0.452. The summed E-state index contributed by atoms with van der Waals surface area (Å²) in [6.07, 6.45) is 3.40. The summed E-state index contributed by atoms with van der Waals surface area (Å²) >= 11 is 0. The highest BCUT2D eigenvalue weighted by molar-refractivity contribution is 5.33. The number of hydrogen-bond donors (Lipinski definition) is 1. The molecule has 0 aliphatic heterocycles. The zero-order valence-electron chi connectivity index (χ0n) is 10.3. The van der Waals surface area contributed by atoms with E-state index in [1.165, 1.54) is 0 Å². The van der Waals surface area contributed by atoms with E-state index in [4.69, 9.17) is 15.2 Å². The van der Waals surface area contributed by atoms with Gasteiger partial charge in [-0.05, 0) is 29.3 Å². The van der Waals surface area contributed by atoms with Gasteiger partial charge in [-0.15, -0.1) is 0 Å². The van der Waals surface area contributed by atoms with Crippen molar-refractivity contribution in [3.8, 4) is 11.5 Å². The third-order valence-electron chi connectivity index (χ3n) is 2.45. The highest BCUT2D eigenvalue weighted by Crippen LogP contribution is 2.22. The Morgan fingerprint density at radius 2 is 1.94 bits per heavy atom. The Kier molecular flexibility index (Phi) is 4.28. The highest BCUT2D eigenvalue weighted by atomic mass is 16.5. The molecular formula is C14H16N2O2. The smallest absolute Gasteiger partial charge is 0.146 e. The Balaban J connectivity index is 2.14. The molecule has 2 rings (SSSR count). The van der Waals surface area contributed by atoms with E-state index in [1.54, 1.807) is 19.5 Å². The number of nitrogens with zero attached hydrogens (tertiary/aromatic N) is 1. The van der Waals surface area contributed by atoms with E-state index in [0.29, 0.717) is 18.9 Å². The van der Waals surface area contributed by atoms with Crippen LogP contribution in [-0.2, 0) is 17.9 Å². The van der Waals surface area contributed by atoms with Crippen molar-refractivity contribution in [3.05, 3.63) is 53.9 Å². The van der Waals surface area contributed by atoms with Crippen LogP contribution in [0.1, 0.15) is 11.1 Å². The molecule has 94 valence electrons. The van der Waals surface area contributed by atoms with E-state index < -0.39 is 0 Å². The molecule has 2 N–H and O–H groups in total. The molecule has 4 heteroatoms. The van der Waals surface area contributed by atoms with Gasteiger partial charge >= 0.3 is 0 Å². The Morgan fingerprint density at radius 1 is 1.11 bits per heavy atom. The molecule has 18 heavy (non-hydrogen) atoms. The molecule has 0 unspecified atom stereocenters. The fraction of sp³-hybridized carbons (Fsp3) is 0.214. The lowest BCUT2D eigenvalue weighted by atomic mass is 10.2. The average Bonchev–Trinajstić information content (AvgIpc) is 2.40. The molecule has 1 aromatic carbocycles. The van der Waals surface area contributed by atoms with E-state index in [2.05, 4.69) is 4.98 Å². The van der Waals surface area contributed by atoms with Gasteiger partial charge in [-0.3, -0.25) is 4.98 Å². The Hall–Kier alpha value is -1.91. The summed E-state index contributed by atoms with van der Waals surface area (Å²) in [5, 5.41) is 0.